The zero-order chi connectivity index (χ0) is 13.2. The van der Waals surface area contributed by atoms with Gasteiger partial charge in [0.2, 0.25) is 0 Å². The number of benzene rings is 1. The number of rotatable bonds is 3. The van der Waals surface area contributed by atoms with E-state index in [9.17, 15) is 4.39 Å². The Morgan fingerprint density at radius 1 is 1.33 bits per heavy atom. The summed E-state index contributed by atoms with van der Waals surface area (Å²) in [5, 5.41) is 3.63. The molecule has 0 spiro atoms. The molecule has 0 heterocycles. The molecule has 2 heteroatoms. The lowest BCUT2D eigenvalue weighted by Crippen LogP contribution is -2.43. The van der Waals surface area contributed by atoms with Gasteiger partial charge in [-0.2, -0.15) is 0 Å². The summed E-state index contributed by atoms with van der Waals surface area (Å²) >= 11 is 0. The lowest BCUT2D eigenvalue weighted by atomic mass is 9.73. The smallest absolute Gasteiger partial charge is 0.123 e. The average Bonchev–Trinajstić information content (AvgIpc) is 2.31. The number of nitrogens with one attached hydrogen (secondary N) is 1. The molecule has 1 aliphatic rings. The Hall–Kier alpha value is -0.890. The predicted octanol–water partition coefficient (Wildman–Crippen LogP) is 4.19. The largest absolute Gasteiger partial charge is 0.309 e. The lowest BCUT2D eigenvalue weighted by Gasteiger charge is -2.39. The molecule has 1 aliphatic carbocycles. The average molecular weight is 249 g/mol. The van der Waals surface area contributed by atoms with Crippen molar-refractivity contribution in [3.8, 4) is 0 Å². The quantitative estimate of drug-likeness (QED) is 0.847. The van der Waals surface area contributed by atoms with Gasteiger partial charge in [-0.3, -0.25) is 0 Å². The second-order valence-electron chi connectivity index (χ2n) is 6.24. The first kappa shape index (κ1) is 13.5. The van der Waals surface area contributed by atoms with E-state index in [1.54, 1.807) is 6.07 Å². The van der Waals surface area contributed by atoms with Crippen molar-refractivity contribution in [3.05, 3.63) is 35.1 Å². The first-order valence-electron chi connectivity index (χ1n) is 6.97. The van der Waals surface area contributed by atoms with Gasteiger partial charge in [-0.1, -0.05) is 32.8 Å². The second-order valence-corrected chi connectivity index (χ2v) is 6.24. The van der Waals surface area contributed by atoms with Crippen LogP contribution in [0.15, 0.2) is 18.2 Å². The first-order valence-corrected chi connectivity index (χ1v) is 6.97. The first-order chi connectivity index (χ1) is 8.49. The molecule has 18 heavy (non-hydrogen) atoms. The molecule has 0 aliphatic heterocycles. The highest BCUT2D eigenvalue weighted by Crippen LogP contribution is 2.35. The lowest BCUT2D eigenvalue weighted by molar-refractivity contribution is 0.166. The Kier molecular flexibility index (Phi) is 4.06. The molecule has 1 aromatic rings. The minimum atomic E-state index is -0.139. The number of halogens is 1. The highest BCUT2D eigenvalue weighted by Gasteiger charge is 2.31. The second kappa shape index (κ2) is 5.40. The van der Waals surface area contributed by atoms with E-state index in [0.29, 0.717) is 11.5 Å². The molecular formula is C16H24FN. The van der Waals surface area contributed by atoms with Crippen LogP contribution in [0.25, 0.3) is 0 Å². The van der Waals surface area contributed by atoms with Gasteiger partial charge in [-0.05, 0) is 48.4 Å². The van der Waals surface area contributed by atoms with E-state index in [4.69, 9.17) is 0 Å². The molecule has 1 nitrogen and oxygen atoms in total. The molecule has 100 valence electrons. The number of hydrogen-bond acceptors (Lipinski definition) is 1. The molecule has 1 unspecified atom stereocenters. The van der Waals surface area contributed by atoms with Gasteiger partial charge >= 0.3 is 0 Å². The highest BCUT2D eigenvalue weighted by atomic mass is 19.1. The van der Waals surface area contributed by atoms with Crippen molar-refractivity contribution in [2.45, 2.75) is 59.0 Å². The number of hydrogen-bond donors (Lipinski definition) is 1. The summed E-state index contributed by atoms with van der Waals surface area (Å²) in [7, 11) is 0. The summed E-state index contributed by atoms with van der Waals surface area (Å²) in [5.74, 6) is -0.139. The molecule has 1 N–H and O–H groups in total. The van der Waals surface area contributed by atoms with E-state index < -0.39 is 0 Å². The van der Waals surface area contributed by atoms with Gasteiger partial charge in [0.05, 0.1) is 0 Å². The van der Waals surface area contributed by atoms with E-state index in [2.05, 4.69) is 19.2 Å². The minimum Gasteiger partial charge on any atom is -0.309 e. The van der Waals surface area contributed by atoms with Crippen molar-refractivity contribution < 1.29 is 4.39 Å². The highest BCUT2D eigenvalue weighted by molar-refractivity contribution is 5.26. The zero-order valence-electron chi connectivity index (χ0n) is 11.7. The van der Waals surface area contributed by atoms with Gasteiger partial charge in [0.25, 0.3) is 0 Å². The van der Waals surface area contributed by atoms with E-state index in [0.717, 1.165) is 17.7 Å². The third kappa shape index (κ3) is 3.11. The van der Waals surface area contributed by atoms with E-state index in [-0.39, 0.29) is 5.82 Å². The van der Waals surface area contributed by atoms with Gasteiger partial charge in [-0.25, -0.2) is 4.39 Å². The summed E-state index contributed by atoms with van der Waals surface area (Å²) in [6.45, 7) is 7.49. The van der Waals surface area contributed by atoms with E-state index in [1.165, 1.54) is 31.7 Å². The van der Waals surface area contributed by atoms with Crippen LogP contribution in [0, 0.1) is 18.2 Å². The Labute approximate surface area is 110 Å². The van der Waals surface area contributed by atoms with Crippen molar-refractivity contribution in [2.75, 3.05) is 0 Å². The van der Waals surface area contributed by atoms with Crippen molar-refractivity contribution >= 4 is 0 Å². The Morgan fingerprint density at radius 2 is 2.11 bits per heavy atom. The fraction of sp³-hybridized carbons (Fsp3) is 0.625. The van der Waals surface area contributed by atoms with Crippen molar-refractivity contribution in [2.24, 2.45) is 5.41 Å². The van der Waals surface area contributed by atoms with Gasteiger partial charge in [0, 0.05) is 12.6 Å². The van der Waals surface area contributed by atoms with Gasteiger partial charge in [0.1, 0.15) is 5.82 Å². The van der Waals surface area contributed by atoms with Gasteiger partial charge in [-0.15, -0.1) is 0 Å². The van der Waals surface area contributed by atoms with Crippen LogP contribution in [-0.2, 0) is 6.54 Å². The third-order valence-electron chi connectivity index (χ3n) is 4.36. The topological polar surface area (TPSA) is 12.0 Å². The summed E-state index contributed by atoms with van der Waals surface area (Å²) in [6.07, 6.45) is 5.17. The maximum absolute atomic E-state index is 13.2. The van der Waals surface area contributed by atoms with E-state index >= 15 is 0 Å². The zero-order valence-corrected chi connectivity index (χ0v) is 11.7. The molecular weight excluding hydrogens is 225 g/mol. The van der Waals surface area contributed by atoms with Crippen LogP contribution in [0.5, 0.6) is 0 Å². The summed E-state index contributed by atoms with van der Waals surface area (Å²) in [4.78, 5) is 0. The van der Waals surface area contributed by atoms with Crippen LogP contribution in [0.2, 0.25) is 0 Å². The molecule has 0 amide bonds. The monoisotopic (exact) mass is 249 g/mol. The molecule has 0 radical (unpaired) electrons. The fourth-order valence-corrected chi connectivity index (χ4v) is 2.94. The standard InChI is InChI=1S/C16H24FN/c1-12-7-8-14(17)10-13(12)11-18-15-6-4-5-9-16(15,2)3/h7-8,10,15,18H,4-6,9,11H2,1-3H3. The minimum absolute atomic E-state index is 0.139. The van der Waals surface area contributed by atoms with Crippen LogP contribution in [0.4, 0.5) is 4.39 Å². The molecule has 1 atom stereocenters. The Morgan fingerprint density at radius 3 is 2.83 bits per heavy atom. The Bertz CT molecular complexity index is 412. The Balaban J connectivity index is 2.00. The molecule has 0 aromatic heterocycles. The van der Waals surface area contributed by atoms with Crippen LogP contribution < -0.4 is 5.32 Å². The molecule has 1 aromatic carbocycles. The fourth-order valence-electron chi connectivity index (χ4n) is 2.94. The molecule has 0 bridgehead atoms. The van der Waals surface area contributed by atoms with Crippen LogP contribution >= 0.6 is 0 Å². The maximum atomic E-state index is 13.2. The van der Waals surface area contributed by atoms with Gasteiger partial charge < -0.3 is 5.32 Å². The third-order valence-corrected chi connectivity index (χ3v) is 4.36. The summed E-state index contributed by atoms with van der Waals surface area (Å²) in [6, 6.07) is 5.59. The SMILES string of the molecule is Cc1ccc(F)cc1CNC1CCCCC1(C)C. The van der Waals surface area contributed by atoms with Crippen LogP contribution in [-0.4, -0.2) is 6.04 Å². The predicted molar refractivity (Wildman–Crippen MR) is 74.0 cm³/mol. The summed E-state index contributed by atoms with van der Waals surface area (Å²) in [5.41, 5.74) is 2.60. The van der Waals surface area contributed by atoms with E-state index in [1.807, 2.05) is 13.0 Å². The van der Waals surface area contributed by atoms with Crippen molar-refractivity contribution in [3.63, 3.8) is 0 Å². The molecule has 0 saturated heterocycles. The normalized spacial score (nSPS) is 23.0. The molecule has 1 fully saturated rings. The number of aryl methyl sites for hydroxylation is 1. The van der Waals surface area contributed by atoms with Gasteiger partial charge in [0.15, 0.2) is 0 Å². The van der Waals surface area contributed by atoms with Crippen LogP contribution in [0.3, 0.4) is 0 Å². The summed E-state index contributed by atoms with van der Waals surface area (Å²) < 4.78 is 13.2. The van der Waals surface area contributed by atoms with Crippen molar-refractivity contribution in [1.82, 2.24) is 5.32 Å². The molecule has 1 saturated carbocycles. The molecule has 2 rings (SSSR count). The maximum Gasteiger partial charge on any atom is 0.123 e. The van der Waals surface area contributed by atoms with Crippen molar-refractivity contribution in [1.29, 1.82) is 0 Å². The van der Waals surface area contributed by atoms with Crippen LogP contribution in [0.1, 0.15) is 50.7 Å².